The first-order chi connectivity index (χ1) is 11.5. The predicted molar refractivity (Wildman–Crippen MR) is 92.6 cm³/mol. The standard InChI is InChI=1S/C16H16FN3O2S2/c17-14-4-1-3-13(11-14)12-24(21,22)18-7-9-20-8-6-15(19-20)16-5-2-10-23-16/h1-6,8,10-11,18H,7,9,12H2. The normalized spacial score (nSPS) is 11.7. The molecule has 3 rings (SSSR count). The highest BCUT2D eigenvalue weighted by Gasteiger charge is 2.12. The molecule has 0 aliphatic heterocycles. The lowest BCUT2D eigenvalue weighted by atomic mass is 10.2. The minimum atomic E-state index is -3.51. The lowest BCUT2D eigenvalue weighted by Gasteiger charge is -2.07. The third-order valence-corrected chi connectivity index (χ3v) is 5.57. The van der Waals surface area contributed by atoms with Gasteiger partial charge in [0.25, 0.3) is 0 Å². The fourth-order valence-electron chi connectivity index (χ4n) is 2.25. The van der Waals surface area contributed by atoms with E-state index in [4.69, 9.17) is 0 Å². The Morgan fingerprint density at radius 3 is 2.83 bits per heavy atom. The second-order valence-electron chi connectivity index (χ2n) is 5.22. The zero-order valence-electron chi connectivity index (χ0n) is 12.7. The summed E-state index contributed by atoms with van der Waals surface area (Å²) < 4.78 is 41.4. The molecule has 5 nitrogen and oxygen atoms in total. The molecule has 0 saturated carbocycles. The number of thiophene rings is 1. The Kier molecular flexibility index (Phi) is 5.08. The molecule has 1 aromatic carbocycles. The van der Waals surface area contributed by atoms with Crippen LogP contribution in [0.5, 0.6) is 0 Å². The van der Waals surface area contributed by atoms with Gasteiger partial charge in [-0.1, -0.05) is 18.2 Å². The van der Waals surface area contributed by atoms with Gasteiger partial charge in [-0.3, -0.25) is 4.68 Å². The first-order valence-electron chi connectivity index (χ1n) is 7.31. The molecular formula is C16H16FN3O2S2. The van der Waals surface area contributed by atoms with Crippen molar-refractivity contribution in [2.24, 2.45) is 0 Å². The SMILES string of the molecule is O=S(=O)(Cc1cccc(F)c1)NCCn1ccc(-c2cccs2)n1. The van der Waals surface area contributed by atoms with Crippen molar-refractivity contribution in [1.82, 2.24) is 14.5 Å². The lowest BCUT2D eigenvalue weighted by Crippen LogP contribution is -2.28. The van der Waals surface area contributed by atoms with Crippen molar-refractivity contribution in [3.8, 4) is 10.6 Å². The highest BCUT2D eigenvalue weighted by atomic mass is 32.2. The molecule has 8 heteroatoms. The van der Waals surface area contributed by atoms with Gasteiger partial charge in [-0.05, 0) is 35.2 Å². The number of rotatable bonds is 7. The van der Waals surface area contributed by atoms with Gasteiger partial charge < -0.3 is 0 Å². The molecule has 0 bridgehead atoms. The molecule has 0 aliphatic carbocycles. The first kappa shape index (κ1) is 16.8. The van der Waals surface area contributed by atoms with Crippen molar-refractivity contribution in [3.63, 3.8) is 0 Å². The molecule has 2 heterocycles. The summed E-state index contributed by atoms with van der Waals surface area (Å²) in [6, 6.07) is 11.4. The maximum Gasteiger partial charge on any atom is 0.215 e. The van der Waals surface area contributed by atoms with Gasteiger partial charge in [0.2, 0.25) is 10.0 Å². The number of hydrogen-bond donors (Lipinski definition) is 1. The van der Waals surface area contributed by atoms with Crippen LogP contribution in [0, 0.1) is 5.82 Å². The summed E-state index contributed by atoms with van der Waals surface area (Å²) in [5, 5.41) is 6.39. The van der Waals surface area contributed by atoms with E-state index in [2.05, 4.69) is 9.82 Å². The third-order valence-electron chi connectivity index (χ3n) is 3.32. The number of aromatic nitrogens is 2. The number of nitrogens with zero attached hydrogens (tertiary/aromatic N) is 2. The predicted octanol–water partition coefficient (Wildman–Crippen LogP) is 2.87. The van der Waals surface area contributed by atoms with E-state index in [1.165, 1.54) is 18.2 Å². The number of halogens is 1. The summed E-state index contributed by atoms with van der Waals surface area (Å²) in [7, 11) is -3.51. The molecule has 2 aromatic heterocycles. The van der Waals surface area contributed by atoms with Crippen molar-refractivity contribution in [2.75, 3.05) is 6.54 Å². The van der Waals surface area contributed by atoms with Crippen molar-refractivity contribution >= 4 is 21.4 Å². The van der Waals surface area contributed by atoms with Gasteiger partial charge in [-0.25, -0.2) is 17.5 Å². The van der Waals surface area contributed by atoms with Gasteiger partial charge in [0, 0.05) is 12.7 Å². The molecule has 0 spiro atoms. The van der Waals surface area contributed by atoms with Crippen LogP contribution in [0.1, 0.15) is 5.56 Å². The van der Waals surface area contributed by atoms with Gasteiger partial charge >= 0.3 is 0 Å². The van der Waals surface area contributed by atoms with Crippen molar-refractivity contribution in [1.29, 1.82) is 0 Å². The summed E-state index contributed by atoms with van der Waals surface area (Å²) in [4.78, 5) is 1.07. The molecule has 0 amide bonds. The average molecular weight is 365 g/mol. The Balaban J connectivity index is 1.54. The zero-order valence-corrected chi connectivity index (χ0v) is 14.4. The molecule has 0 atom stereocenters. The number of sulfonamides is 1. The third kappa shape index (κ3) is 4.50. The van der Waals surface area contributed by atoms with Crippen LogP contribution in [-0.2, 0) is 22.3 Å². The molecule has 24 heavy (non-hydrogen) atoms. The van der Waals surface area contributed by atoms with Gasteiger partial charge in [0.05, 0.1) is 17.2 Å². The van der Waals surface area contributed by atoms with E-state index in [9.17, 15) is 12.8 Å². The van der Waals surface area contributed by atoms with Crippen LogP contribution >= 0.6 is 11.3 Å². The Bertz CT molecular complexity index is 905. The number of benzene rings is 1. The summed E-state index contributed by atoms with van der Waals surface area (Å²) in [6.45, 7) is 0.650. The van der Waals surface area contributed by atoms with E-state index in [0.717, 1.165) is 10.6 Å². The van der Waals surface area contributed by atoms with Crippen LogP contribution in [0.25, 0.3) is 10.6 Å². The summed E-state index contributed by atoms with van der Waals surface area (Å²) in [5.74, 6) is -0.690. The molecule has 0 aliphatic rings. The monoisotopic (exact) mass is 365 g/mol. The summed E-state index contributed by atoms with van der Waals surface area (Å²) >= 11 is 1.60. The maximum absolute atomic E-state index is 13.1. The van der Waals surface area contributed by atoms with Crippen molar-refractivity contribution < 1.29 is 12.8 Å². The number of hydrogen-bond acceptors (Lipinski definition) is 4. The fraction of sp³-hybridized carbons (Fsp3) is 0.188. The van der Waals surface area contributed by atoms with Crippen LogP contribution < -0.4 is 4.72 Å². The van der Waals surface area contributed by atoms with Crippen LogP contribution in [0.2, 0.25) is 0 Å². The molecule has 1 N–H and O–H groups in total. The Hall–Kier alpha value is -2.03. The van der Waals surface area contributed by atoms with Crippen LogP contribution in [-0.4, -0.2) is 24.7 Å². The minimum absolute atomic E-state index is 0.225. The molecule has 0 unspecified atom stereocenters. The van der Waals surface area contributed by atoms with E-state index in [1.54, 1.807) is 22.1 Å². The molecule has 0 radical (unpaired) electrons. The van der Waals surface area contributed by atoms with Crippen molar-refractivity contribution in [2.45, 2.75) is 12.3 Å². The van der Waals surface area contributed by atoms with Crippen LogP contribution in [0.3, 0.4) is 0 Å². The smallest absolute Gasteiger partial charge is 0.215 e. The lowest BCUT2D eigenvalue weighted by molar-refractivity contribution is 0.560. The van der Waals surface area contributed by atoms with E-state index in [0.29, 0.717) is 12.1 Å². The number of nitrogens with one attached hydrogen (secondary N) is 1. The molecule has 0 saturated heterocycles. The zero-order chi connectivity index (χ0) is 17.0. The molecule has 3 aromatic rings. The Morgan fingerprint density at radius 1 is 1.21 bits per heavy atom. The average Bonchev–Trinajstić information content (AvgIpc) is 3.17. The quantitative estimate of drug-likeness (QED) is 0.700. The highest BCUT2D eigenvalue weighted by molar-refractivity contribution is 7.88. The van der Waals surface area contributed by atoms with E-state index >= 15 is 0 Å². The van der Waals surface area contributed by atoms with Gasteiger partial charge in [-0.15, -0.1) is 11.3 Å². The molecular weight excluding hydrogens is 349 g/mol. The minimum Gasteiger partial charge on any atom is -0.271 e. The van der Waals surface area contributed by atoms with E-state index < -0.39 is 15.8 Å². The summed E-state index contributed by atoms with van der Waals surface area (Å²) in [5.41, 5.74) is 1.29. The summed E-state index contributed by atoms with van der Waals surface area (Å²) in [6.07, 6.45) is 1.82. The topological polar surface area (TPSA) is 64.0 Å². The maximum atomic E-state index is 13.1. The van der Waals surface area contributed by atoms with Crippen LogP contribution in [0.4, 0.5) is 4.39 Å². The molecule has 0 fully saturated rings. The largest absolute Gasteiger partial charge is 0.271 e. The molecule has 126 valence electrons. The van der Waals surface area contributed by atoms with Gasteiger partial charge in [0.15, 0.2) is 0 Å². The second-order valence-corrected chi connectivity index (χ2v) is 7.98. The Morgan fingerprint density at radius 2 is 2.08 bits per heavy atom. The Labute approximate surface area is 143 Å². The van der Waals surface area contributed by atoms with Crippen LogP contribution in [0.15, 0.2) is 54.0 Å². The second kappa shape index (κ2) is 7.25. The first-order valence-corrected chi connectivity index (χ1v) is 9.84. The van der Waals surface area contributed by atoms with Crippen molar-refractivity contribution in [3.05, 3.63) is 65.4 Å². The van der Waals surface area contributed by atoms with Gasteiger partial charge in [-0.2, -0.15) is 5.10 Å². The fourth-order valence-corrected chi connectivity index (χ4v) is 4.07. The van der Waals surface area contributed by atoms with E-state index in [1.807, 2.05) is 29.8 Å². The van der Waals surface area contributed by atoms with E-state index in [-0.39, 0.29) is 12.3 Å². The highest BCUT2D eigenvalue weighted by Crippen LogP contribution is 2.22. The van der Waals surface area contributed by atoms with Gasteiger partial charge in [0.1, 0.15) is 11.5 Å².